The minimum Gasteiger partial charge on any atom is -0.489 e. The van der Waals surface area contributed by atoms with Crippen LogP contribution in [0.5, 0.6) is 23.0 Å². The van der Waals surface area contributed by atoms with Crippen molar-refractivity contribution >= 4 is 12.1 Å². The fraction of sp³-hybridized carbons (Fsp3) is 0.152. The van der Waals surface area contributed by atoms with Crippen molar-refractivity contribution in [2.45, 2.75) is 27.1 Å². The number of amides is 1. The number of hydrogen-bond donors (Lipinski definition) is 1. The largest absolute Gasteiger partial charge is 0.489 e. The molecule has 3 aromatic carbocycles. The molecule has 9 nitrogen and oxygen atoms in total. The summed E-state index contributed by atoms with van der Waals surface area (Å²) in [5.74, 6) is 3.02. The van der Waals surface area contributed by atoms with Crippen LogP contribution in [0.3, 0.4) is 0 Å². The molecule has 3 heterocycles. The summed E-state index contributed by atoms with van der Waals surface area (Å²) in [5.41, 5.74) is 7.63. The van der Waals surface area contributed by atoms with Crippen molar-refractivity contribution in [3.05, 3.63) is 125 Å². The van der Waals surface area contributed by atoms with E-state index in [4.69, 9.17) is 23.4 Å². The van der Waals surface area contributed by atoms with E-state index in [1.54, 1.807) is 18.3 Å². The van der Waals surface area contributed by atoms with Crippen LogP contribution in [0.4, 0.5) is 0 Å². The van der Waals surface area contributed by atoms with Gasteiger partial charge in [0, 0.05) is 17.1 Å². The minimum atomic E-state index is -0.463. The molecular formula is C33H29N3O6. The van der Waals surface area contributed by atoms with Crippen LogP contribution < -0.4 is 24.4 Å². The minimum absolute atomic E-state index is 0.139. The number of fused-ring (bicyclic) bond motifs is 1. The summed E-state index contributed by atoms with van der Waals surface area (Å²) in [6.45, 7) is 4.95. The number of carbonyl (C=O) groups excluding carboxylic acids is 1. The fourth-order valence-electron chi connectivity index (χ4n) is 4.60. The average Bonchev–Trinajstić information content (AvgIpc) is 3.75. The van der Waals surface area contributed by atoms with Gasteiger partial charge in [0.15, 0.2) is 17.3 Å². The van der Waals surface area contributed by atoms with E-state index < -0.39 is 5.91 Å². The second-order valence-corrected chi connectivity index (χ2v) is 9.75. The average molecular weight is 564 g/mol. The zero-order valence-electron chi connectivity index (χ0n) is 23.2. The molecule has 0 atom stereocenters. The Bertz CT molecular complexity index is 1720. The first-order valence-electron chi connectivity index (χ1n) is 13.4. The summed E-state index contributed by atoms with van der Waals surface area (Å²) in [5, 5.41) is 4.06. The third kappa shape index (κ3) is 6.15. The Kier molecular flexibility index (Phi) is 7.63. The number of carbonyl (C=O) groups is 1. The van der Waals surface area contributed by atoms with E-state index in [-0.39, 0.29) is 19.2 Å². The van der Waals surface area contributed by atoms with Gasteiger partial charge in [-0.15, -0.1) is 0 Å². The van der Waals surface area contributed by atoms with Crippen molar-refractivity contribution in [3.63, 3.8) is 0 Å². The van der Waals surface area contributed by atoms with Gasteiger partial charge in [0.2, 0.25) is 6.79 Å². The quantitative estimate of drug-likeness (QED) is 0.157. The molecule has 1 N–H and O–H groups in total. The zero-order valence-corrected chi connectivity index (χ0v) is 23.2. The van der Waals surface area contributed by atoms with Gasteiger partial charge in [-0.1, -0.05) is 18.2 Å². The summed E-state index contributed by atoms with van der Waals surface area (Å²) >= 11 is 0. The Morgan fingerprint density at radius 1 is 0.857 bits per heavy atom. The Labute approximate surface area is 242 Å². The Balaban J connectivity index is 0.983. The summed E-state index contributed by atoms with van der Waals surface area (Å²) in [4.78, 5) is 12.5. The van der Waals surface area contributed by atoms with Gasteiger partial charge in [0.25, 0.3) is 0 Å². The van der Waals surface area contributed by atoms with Gasteiger partial charge in [-0.05, 0) is 97.8 Å². The van der Waals surface area contributed by atoms with Gasteiger partial charge < -0.3 is 27.9 Å². The Morgan fingerprint density at radius 2 is 1.64 bits per heavy atom. The molecule has 0 radical (unpaired) electrons. The number of nitrogens with one attached hydrogen (secondary N) is 1. The molecule has 6 rings (SSSR count). The summed E-state index contributed by atoms with van der Waals surface area (Å²) in [6, 6.07) is 28.4. The van der Waals surface area contributed by atoms with Gasteiger partial charge in [-0.3, -0.25) is 4.79 Å². The molecule has 1 aliphatic heterocycles. The number of nitrogens with zero attached hydrogens (tertiary/aromatic N) is 2. The second kappa shape index (κ2) is 12.0. The highest BCUT2D eigenvalue weighted by Crippen LogP contribution is 2.32. The van der Waals surface area contributed by atoms with Gasteiger partial charge in [0.05, 0.1) is 6.21 Å². The Hall–Kier alpha value is -5.44. The van der Waals surface area contributed by atoms with Crippen LogP contribution in [0, 0.1) is 13.8 Å². The highest BCUT2D eigenvalue weighted by molar-refractivity contribution is 5.92. The van der Waals surface area contributed by atoms with E-state index in [1.807, 2.05) is 66.7 Å². The molecule has 0 spiro atoms. The van der Waals surface area contributed by atoms with Crippen molar-refractivity contribution < 1.29 is 28.2 Å². The summed E-state index contributed by atoms with van der Waals surface area (Å²) in [6.07, 6.45) is 1.54. The predicted octanol–water partition coefficient (Wildman–Crippen LogP) is 6.34. The number of ether oxygens (including phenoxy) is 4. The van der Waals surface area contributed by atoms with Crippen molar-refractivity contribution in [1.29, 1.82) is 0 Å². The first-order chi connectivity index (χ1) is 20.5. The molecule has 2 aromatic heterocycles. The van der Waals surface area contributed by atoms with Gasteiger partial charge in [-0.2, -0.15) is 5.10 Å². The SMILES string of the molecule is Cc1ccc(C)n1-c1ccc(OCc2ccc(C(=O)N/N=C/c3cccc(OCc4ccc5c(c4)OCO5)c3)o2)cc1. The molecule has 0 saturated carbocycles. The first-order valence-corrected chi connectivity index (χ1v) is 13.4. The van der Waals surface area contributed by atoms with Crippen LogP contribution in [0.2, 0.25) is 0 Å². The maximum Gasteiger partial charge on any atom is 0.307 e. The maximum absolute atomic E-state index is 12.5. The van der Waals surface area contributed by atoms with E-state index in [1.165, 1.54) is 11.4 Å². The molecule has 9 heteroatoms. The monoisotopic (exact) mass is 563 g/mol. The van der Waals surface area contributed by atoms with E-state index >= 15 is 0 Å². The molecule has 0 unspecified atom stereocenters. The maximum atomic E-state index is 12.5. The molecular weight excluding hydrogens is 534 g/mol. The highest BCUT2D eigenvalue weighted by Gasteiger charge is 2.14. The van der Waals surface area contributed by atoms with Crippen LogP contribution in [0.25, 0.3) is 5.69 Å². The number of hydrazone groups is 1. The molecule has 5 aromatic rings. The summed E-state index contributed by atoms with van der Waals surface area (Å²) < 4.78 is 30.3. The molecule has 0 saturated heterocycles. The lowest BCUT2D eigenvalue weighted by atomic mass is 10.2. The van der Waals surface area contributed by atoms with Crippen LogP contribution in [0.1, 0.15) is 38.8 Å². The number of aryl methyl sites for hydroxylation is 2. The molecule has 1 aliphatic rings. The lowest BCUT2D eigenvalue weighted by Gasteiger charge is -2.10. The number of furan rings is 1. The Morgan fingerprint density at radius 3 is 2.48 bits per heavy atom. The molecule has 42 heavy (non-hydrogen) atoms. The smallest absolute Gasteiger partial charge is 0.307 e. The fourth-order valence-corrected chi connectivity index (χ4v) is 4.60. The highest BCUT2D eigenvalue weighted by atomic mass is 16.7. The van der Waals surface area contributed by atoms with Gasteiger partial charge in [-0.25, -0.2) is 5.43 Å². The van der Waals surface area contributed by atoms with Crippen LogP contribution in [-0.2, 0) is 13.2 Å². The number of aromatic nitrogens is 1. The molecule has 0 aliphatic carbocycles. The predicted molar refractivity (Wildman–Crippen MR) is 157 cm³/mol. The topological polar surface area (TPSA) is 96.5 Å². The third-order valence-electron chi connectivity index (χ3n) is 6.71. The first kappa shape index (κ1) is 26.8. The van der Waals surface area contributed by atoms with E-state index in [0.717, 1.165) is 22.6 Å². The van der Waals surface area contributed by atoms with Gasteiger partial charge >= 0.3 is 5.91 Å². The number of hydrogen-bond acceptors (Lipinski definition) is 7. The third-order valence-corrected chi connectivity index (χ3v) is 6.71. The number of benzene rings is 3. The zero-order chi connectivity index (χ0) is 28.9. The lowest BCUT2D eigenvalue weighted by Crippen LogP contribution is -2.16. The van der Waals surface area contributed by atoms with E-state index in [9.17, 15) is 4.79 Å². The number of rotatable bonds is 10. The normalized spacial score (nSPS) is 12.0. The van der Waals surface area contributed by atoms with Crippen LogP contribution in [-0.4, -0.2) is 23.5 Å². The van der Waals surface area contributed by atoms with E-state index in [2.05, 4.69) is 41.1 Å². The van der Waals surface area contributed by atoms with Crippen molar-refractivity contribution in [1.82, 2.24) is 9.99 Å². The van der Waals surface area contributed by atoms with E-state index in [0.29, 0.717) is 29.6 Å². The molecule has 0 fully saturated rings. The molecule has 212 valence electrons. The van der Waals surface area contributed by atoms with Crippen molar-refractivity contribution in [2.24, 2.45) is 5.10 Å². The van der Waals surface area contributed by atoms with Crippen molar-refractivity contribution in [2.75, 3.05) is 6.79 Å². The van der Waals surface area contributed by atoms with Crippen LogP contribution in [0.15, 0.2) is 101 Å². The second-order valence-electron chi connectivity index (χ2n) is 9.75. The van der Waals surface area contributed by atoms with Crippen LogP contribution >= 0.6 is 0 Å². The lowest BCUT2D eigenvalue weighted by molar-refractivity contribution is 0.0923. The molecule has 1 amide bonds. The van der Waals surface area contributed by atoms with Crippen molar-refractivity contribution in [3.8, 4) is 28.7 Å². The standard InChI is InChI=1S/C33H29N3O6/c1-22-6-7-23(2)36(22)26-9-11-27(12-10-26)39-20-29-13-15-31(42-29)33(37)35-34-18-24-4-3-5-28(16-24)38-19-25-8-14-30-32(17-25)41-21-40-30/h3-18H,19-21H2,1-2H3,(H,35,37)/b34-18+. The summed E-state index contributed by atoms with van der Waals surface area (Å²) in [7, 11) is 0. The van der Waals surface area contributed by atoms with Gasteiger partial charge in [0.1, 0.15) is 30.5 Å². The molecule has 0 bridgehead atoms.